The lowest BCUT2D eigenvalue weighted by atomic mass is 10.3. The quantitative estimate of drug-likeness (QED) is 0.482. The zero-order valence-corrected chi connectivity index (χ0v) is 16.7. The number of nitrogens with zero attached hydrogens (tertiary/aromatic N) is 1. The van der Waals surface area contributed by atoms with Crippen LogP contribution in [0.5, 0.6) is 23.1 Å². The maximum atomic E-state index is 12.7. The van der Waals surface area contributed by atoms with Crippen LogP contribution in [0, 0.1) is 0 Å². The topological polar surface area (TPSA) is 74.7 Å². The predicted molar refractivity (Wildman–Crippen MR) is 104 cm³/mol. The Bertz CT molecular complexity index is 1010. The van der Waals surface area contributed by atoms with Gasteiger partial charge in [0.25, 0.3) is 0 Å². The molecular formula is C19H16BrNO5S. The standard InChI is InChI=1S/C19H16BrNO5S/c1-2-24-17-11-6-14(20)13-18(17)27(22,23)26-16-9-7-15(8-10-16)25-19-5-3-4-12-21-19/h3-13H,2H2,1H3. The van der Waals surface area contributed by atoms with Crippen LogP contribution in [0.4, 0.5) is 0 Å². The number of pyridine rings is 1. The Morgan fingerprint density at radius 1 is 1.00 bits per heavy atom. The first kappa shape index (κ1) is 19.2. The minimum atomic E-state index is -4.07. The summed E-state index contributed by atoms with van der Waals surface area (Å²) in [4.78, 5) is 4.01. The van der Waals surface area contributed by atoms with Gasteiger partial charge >= 0.3 is 10.1 Å². The van der Waals surface area contributed by atoms with Crippen molar-refractivity contribution in [2.24, 2.45) is 0 Å². The highest BCUT2D eigenvalue weighted by Gasteiger charge is 2.22. The summed E-state index contributed by atoms with van der Waals surface area (Å²) in [6, 6.07) is 16.3. The lowest BCUT2D eigenvalue weighted by Gasteiger charge is -2.12. The molecule has 0 aliphatic heterocycles. The average molecular weight is 450 g/mol. The van der Waals surface area contributed by atoms with Gasteiger partial charge in [-0.1, -0.05) is 22.0 Å². The molecule has 3 aromatic rings. The Morgan fingerprint density at radius 3 is 2.41 bits per heavy atom. The van der Waals surface area contributed by atoms with E-state index in [0.29, 0.717) is 22.7 Å². The summed E-state index contributed by atoms with van der Waals surface area (Å²) in [5.41, 5.74) is 0. The molecule has 0 aliphatic carbocycles. The van der Waals surface area contributed by atoms with Gasteiger partial charge < -0.3 is 13.7 Å². The van der Waals surface area contributed by atoms with E-state index < -0.39 is 10.1 Å². The SMILES string of the molecule is CCOc1ccc(Br)cc1S(=O)(=O)Oc1ccc(Oc2ccccn2)cc1. The van der Waals surface area contributed by atoms with Crippen LogP contribution in [0.1, 0.15) is 6.92 Å². The van der Waals surface area contributed by atoms with Gasteiger partial charge in [-0.15, -0.1) is 0 Å². The van der Waals surface area contributed by atoms with E-state index in [4.69, 9.17) is 13.7 Å². The minimum absolute atomic E-state index is 0.0486. The van der Waals surface area contributed by atoms with Gasteiger partial charge in [-0.25, -0.2) is 4.98 Å². The first-order valence-electron chi connectivity index (χ1n) is 8.04. The van der Waals surface area contributed by atoms with E-state index in [1.54, 1.807) is 55.6 Å². The highest BCUT2D eigenvalue weighted by atomic mass is 79.9. The summed E-state index contributed by atoms with van der Waals surface area (Å²) in [6.07, 6.45) is 1.62. The fourth-order valence-corrected chi connectivity index (χ4v) is 3.83. The first-order valence-corrected chi connectivity index (χ1v) is 10.2. The highest BCUT2D eigenvalue weighted by Crippen LogP contribution is 2.31. The van der Waals surface area contributed by atoms with E-state index in [-0.39, 0.29) is 16.4 Å². The van der Waals surface area contributed by atoms with Gasteiger partial charge in [-0.2, -0.15) is 8.42 Å². The van der Waals surface area contributed by atoms with Crippen LogP contribution in [0.3, 0.4) is 0 Å². The van der Waals surface area contributed by atoms with Crippen molar-refractivity contribution in [3.63, 3.8) is 0 Å². The van der Waals surface area contributed by atoms with Crippen LogP contribution in [0.25, 0.3) is 0 Å². The van der Waals surface area contributed by atoms with Gasteiger partial charge in [-0.05, 0) is 55.5 Å². The molecule has 0 saturated heterocycles. The van der Waals surface area contributed by atoms with Crippen LogP contribution in [-0.2, 0) is 10.1 Å². The summed E-state index contributed by atoms with van der Waals surface area (Å²) in [5.74, 6) is 1.34. The summed E-state index contributed by atoms with van der Waals surface area (Å²) in [6.45, 7) is 2.11. The molecule has 0 amide bonds. The van der Waals surface area contributed by atoms with Gasteiger partial charge in [-0.3, -0.25) is 0 Å². The van der Waals surface area contributed by atoms with E-state index in [0.717, 1.165) is 0 Å². The molecule has 0 fully saturated rings. The molecule has 0 spiro atoms. The van der Waals surface area contributed by atoms with Crippen LogP contribution in [0.15, 0.2) is 76.2 Å². The molecular weight excluding hydrogens is 434 g/mol. The molecule has 2 aromatic carbocycles. The second-order valence-corrected chi connectivity index (χ2v) is 7.73. The highest BCUT2D eigenvalue weighted by molar-refractivity contribution is 9.10. The molecule has 0 N–H and O–H groups in total. The van der Waals surface area contributed by atoms with Gasteiger partial charge in [0, 0.05) is 16.7 Å². The summed E-state index contributed by atoms with van der Waals surface area (Å²) in [7, 11) is -4.07. The van der Waals surface area contributed by atoms with E-state index in [1.807, 2.05) is 0 Å². The normalized spacial score (nSPS) is 11.0. The summed E-state index contributed by atoms with van der Waals surface area (Å²) >= 11 is 3.27. The third-order valence-electron chi connectivity index (χ3n) is 3.36. The smallest absolute Gasteiger partial charge is 0.342 e. The molecule has 0 aliphatic rings. The number of aromatic nitrogens is 1. The fourth-order valence-electron chi connectivity index (χ4n) is 2.22. The van der Waals surface area contributed by atoms with Crippen molar-refractivity contribution >= 4 is 26.0 Å². The van der Waals surface area contributed by atoms with E-state index in [9.17, 15) is 8.42 Å². The fraction of sp³-hybridized carbons (Fsp3) is 0.105. The number of benzene rings is 2. The zero-order valence-electron chi connectivity index (χ0n) is 14.3. The predicted octanol–water partition coefficient (Wildman–Crippen LogP) is 4.80. The molecule has 1 aromatic heterocycles. The molecule has 1 heterocycles. The van der Waals surface area contributed by atoms with Gasteiger partial charge in [0.1, 0.15) is 22.1 Å². The largest absolute Gasteiger partial charge is 0.492 e. The van der Waals surface area contributed by atoms with E-state index in [2.05, 4.69) is 20.9 Å². The summed E-state index contributed by atoms with van der Waals surface area (Å²) < 4.78 is 42.1. The molecule has 6 nitrogen and oxygen atoms in total. The maximum absolute atomic E-state index is 12.7. The lowest BCUT2D eigenvalue weighted by molar-refractivity contribution is 0.329. The number of hydrogen-bond acceptors (Lipinski definition) is 6. The molecule has 140 valence electrons. The minimum Gasteiger partial charge on any atom is -0.492 e. The lowest BCUT2D eigenvalue weighted by Crippen LogP contribution is -2.12. The zero-order chi connectivity index (χ0) is 19.3. The van der Waals surface area contributed by atoms with Gasteiger partial charge in [0.2, 0.25) is 5.88 Å². The van der Waals surface area contributed by atoms with Gasteiger partial charge in [0.05, 0.1) is 6.61 Å². The van der Waals surface area contributed by atoms with Crippen molar-refractivity contribution in [2.45, 2.75) is 11.8 Å². The van der Waals surface area contributed by atoms with Crippen LogP contribution in [-0.4, -0.2) is 20.0 Å². The molecule has 3 rings (SSSR count). The molecule has 0 saturated carbocycles. The van der Waals surface area contributed by atoms with Crippen LogP contribution in [0.2, 0.25) is 0 Å². The second-order valence-electron chi connectivity index (χ2n) is 5.30. The molecule has 0 radical (unpaired) electrons. The van der Waals surface area contributed by atoms with Crippen molar-refractivity contribution in [1.29, 1.82) is 0 Å². The summed E-state index contributed by atoms with van der Waals surface area (Å²) in [5, 5.41) is 0. The Kier molecular flexibility index (Phi) is 5.98. The Balaban J connectivity index is 1.79. The Hall–Kier alpha value is -2.58. The molecule has 27 heavy (non-hydrogen) atoms. The maximum Gasteiger partial charge on any atom is 0.342 e. The number of rotatable bonds is 7. The van der Waals surface area contributed by atoms with Crippen LogP contribution < -0.4 is 13.7 Å². The Labute approximate surface area is 166 Å². The van der Waals surface area contributed by atoms with Crippen molar-refractivity contribution in [3.05, 3.63) is 71.3 Å². The molecule has 0 bridgehead atoms. The van der Waals surface area contributed by atoms with Crippen molar-refractivity contribution in [3.8, 4) is 23.1 Å². The first-order chi connectivity index (χ1) is 13.0. The van der Waals surface area contributed by atoms with Gasteiger partial charge in [0.15, 0.2) is 0 Å². The molecule has 8 heteroatoms. The van der Waals surface area contributed by atoms with Crippen molar-refractivity contribution in [1.82, 2.24) is 4.98 Å². The van der Waals surface area contributed by atoms with Crippen molar-refractivity contribution < 1.29 is 22.1 Å². The molecule has 0 unspecified atom stereocenters. The van der Waals surface area contributed by atoms with Crippen LogP contribution >= 0.6 is 15.9 Å². The van der Waals surface area contributed by atoms with Crippen molar-refractivity contribution in [2.75, 3.05) is 6.61 Å². The van der Waals surface area contributed by atoms with E-state index in [1.165, 1.54) is 18.2 Å². The average Bonchev–Trinajstić information content (AvgIpc) is 2.65. The number of halogens is 1. The monoisotopic (exact) mass is 449 g/mol. The third-order valence-corrected chi connectivity index (χ3v) is 5.13. The second kappa shape index (κ2) is 8.41. The molecule has 0 atom stereocenters. The number of ether oxygens (including phenoxy) is 2. The third kappa shape index (κ3) is 4.99. The Morgan fingerprint density at radius 2 is 1.74 bits per heavy atom. The van der Waals surface area contributed by atoms with E-state index >= 15 is 0 Å². The number of hydrogen-bond donors (Lipinski definition) is 0.